The van der Waals surface area contributed by atoms with Gasteiger partial charge in [0.15, 0.2) is 0 Å². The highest BCUT2D eigenvalue weighted by Crippen LogP contribution is 2.30. The van der Waals surface area contributed by atoms with E-state index in [0.29, 0.717) is 13.2 Å². The molecule has 0 spiro atoms. The minimum absolute atomic E-state index is 0.0247. The smallest absolute Gasteiger partial charge is 0.246 e. The Kier molecular flexibility index (Phi) is 4.35. The zero-order chi connectivity index (χ0) is 10.4. The molecule has 0 atom stereocenters. The molecule has 0 radical (unpaired) electrons. The van der Waals surface area contributed by atoms with Crippen molar-refractivity contribution in [3.63, 3.8) is 0 Å². The first-order chi connectivity index (χ1) is 6.66. The lowest BCUT2D eigenvalue weighted by Gasteiger charge is -2.39. The zero-order valence-corrected chi connectivity index (χ0v) is 8.97. The second-order valence-electron chi connectivity index (χ2n) is 4.01. The molecule has 1 N–H and O–H groups in total. The van der Waals surface area contributed by atoms with Gasteiger partial charge < -0.3 is 14.8 Å². The van der Waals surface area contributed by atoms with Gasteiger partial charge in [0, 0.05) is 12.6 Å². The monoisotopic (exact) mass is 201 g/mol. The Bertz CT molecular complexity index is 190. The Morgan fingerprint density at radius 1 is 1.43 bits per heavy atom. The van der Waals surface area contributed by atoms with Crippen LogP contribution in [0, 0.1) is 0 Å². The quantitative estimate of drug-likeness (QED) is 0.644. The summed E-state index contributed by atoms with van der Waals surface area (Å²) in [5.74, 6) is -0.0247. The van der Waals surface area contributed by atoms with Crippen LogP contribution < -0.4 is 5.32 Å². The maximum absolute atomic E-state index is 11.3. The number of methoxy groups -OCH3 is 1. The molecule has 0 heterocycles. The second-order valence-corrected chi connectivity index (χ2v) is 4.01. The lowest BCUT2D eigenvalue weighted by atomic mass is 9.78. The van der Waals surface area contributed by atoms with Crippen LogP contribution in [0.4, 0.5) is 0 Å². The molecular formula is C10H19NO3. The van der Waals surface area contributed by atoms with Crippen LogP contribution in [-0.4, -0.2) is 38.4 Å². The third kappa shape index (κ3) is 3.64. The molecule has 1 fully saturated rings. The maximum Gasteiger partial charge on any atom is 0.246 e. The van der Waals surface area contributed by atoms with Crippen LogP contribution in [0.15, 0.2) is 0 Å². The van der Waals surface area contributed by atoms with E-state index in [2.05, 4.69) is 12.2 Å². The van der Waals surface area contributed by atoms with Crippen molar-refractivity contribution in [2.24, 2.45) is 0 Å². The second kappa shape index (κ2) is 5.32. The van der Waals surface area contributed by atoms with Crippen molar-refractivity contribution in [2.75, 3.05) is 26.9 Å². The van der Waals surface area contributed by atoms with Crippen LogP contribution >= 0.6 is 0 Å². The normalized spacial score (nSPS) is 18.7. The summed E-state index contributed by atoms with van der Waals surface area (Å²) < 4.78 is 9.91. The van der Waals surface area contributed by atoms with Crippen molar-refractivity contribution in [3.05, 3.63) is 0 Å². The van der Waals surface area contributed by atoms with E-state index in [1.54, 1.807) is 7.11 Å². The van der Waals surface area contributed by atoms with Crippen LogP contribution in [0.5, 0.6) is 0 Å². The van der Waals surface area contributed by atoms with E-state index in [1.165, 1.54) is 6.42 Å². The molecule has 0 aromatic heterocycles. The van der Waals surface area contributed by atoms with Gasteiger partial charge in [0.2, 0.25) is 5.91 Å². The van der Waals surface area contributed by atoms with Gasteiger partial charge in [-0.15, -0.1) is 0 Å². The molecule has 0 saturated heterocycles. The number of ether oxygens (including phenoxy) is 2. The van der Waals surface area contributed by atoms with E-state index in [0.717, 1.165) is 12.8 Å². The summed E-state index contributed by atoms with van der Waals surface area (Å²) in [5, 5.41) is 2.96. The SMILES string of the molecule is COCCOCC(=O)NC1(C)CCC1. The molecule has 14 heavy (non-hydrogen) atoms. The molecule has 1 aliphatic carbocycles. The van der Waals surface area contributed by atoms with E-state index in [1.807, 2.05) is 0 Å². The Morgan fingerprint density at radius 3 is 2.64 bits per heavy atom. The van der Waals surface area contributed by atoms with Crippen molar-refractivity contribution < 1.29 is 14.3 Å². The average Bonchev–Trinajstić information content (AvgIpc) is 2.10. The number of hydrogen-bond donors (Lipinski definition) is 1. The molecule has 82 valence electrons. The molecule has 1 saturated carbocycles. The van der Waals surface area contributed by atoms with Gasteiger partial charge in [-0.05, 0) is 26.2 Å². The Hall–Kier alpha value is -0.610. The number of rotatable bonds is 6. The zero-order valence-electron chi connectivity index (χ0n) is 8.97. The van der Waals surface area contributed by atoms with Gasteiger partial charge in [-0.25, -0.2) is 0 Å². The summed E-state index contributed by atoms with van der Waals surface area (Å²) in [4.78, 5) is 11.3. The third-order valence-electron chi connectivity index (χ3n) is 2.56. The van der Waals surface area contributed by atoms with E-state index in [4.69, 9.17) is 9.47 Å². The first-order valence-corrected chi connectivity index (χ1v) is 5.04. The van der Waals surface area contributed by atoms with E-state index < -0.39 is 0 Å². The summed E-state index contributed by atoms with van der Waals surface area (Å²) in [6, 6.07) is 0. The minimum atomic E-state index is -0.0247. The van der Waals surface area contributed by atoms with Gasteiger partial charge in [0.1, 0.15) is 6.61 Å². The number of carbonyl (C=O) groups is 1. The highest BCUT2D eigenvalue weighted by Gasteiger charge is 2.32. The fourth-order valence-corrected chi connectivity index (χ4v) is 1.51. The predicted octanol–water partition coefficient (Wildman–Crippen LogP) is 0.708. The van der Waals surface area contributed by atoms with Gasteiger partial charge in [0.05, 0.1) is 13.2 Å². The summed E-state index contributed by atoms with van der Waals surface area (Å²) in [7, 11) is 1.61. The topological polar surface area (TPSA) is 47.6 Å². The lowest BCUT2D eigenvalue weighted by Crippen LogP contribution is -2.52. The average molecular weight is 201 g/mol. The fraction of sp³-hybridized carbons (Fsp3) is 0.900. The first kappa shape index (κ1) is 11.5. The molecule has 0 bridgehead atoms. The number of hydrogen-bond acceptors (Lipinski definition) is 3. The highest BCUT2D eigenvalue weighted by molar-refractivity contribution is 5.78. The highest BCUT2D eigenvalue weighted by atomic mass is 16.5. The lowest BCUT2D eigenvalue weighted by molar-refractivity contribution is -0.128. The third-order valence-corrected chi connectivity index (χ3v) is 2.56. The molecule has 1 aliphatic rings. The molecule has 4 heteroatoms. The minimum Gasteiger partial charge on any atom is -0.382 e. The van der Waals surface area contributed by atoms with Crippen molar-refractivity contribution in [1.82, 2.24) is 5.32 Å². The molecule has 1 amide bonds. The largest absolute Gasteiger partial charge is 0.382 e. The molecule has 0 aliphatic heterocycles. The van der Waals surface area contributed by atoms with Crippen LogP contribution in [-0.2, 0) is 14.3 Å². The first-order valence-electron chi connectivity index (χ1n) is 5.04. The van der Waals surface area contributed by atoms with Crippen molar-refractivity contribution in [2.45, 2.75) is 31.7 Å². The molecule has 0 aromatic rings. The van der Waals surface area contributed by atoms with E-state index >= 15 is 0 Å². The maximum atomic E-state index is 11.3. The van der Waals surface area contributed by atoms with E-state index in [9.17, 15) is 4.79 Å². The van der Waals surface area contributed by atoms with Gasteiger partial charge in [-0.2, -0.15) is 0 Å². The summed E-state index contributed by atoms with van der Waals surface area (Å²) in [6.45, 7) is 3.22. The van der Waals surface area contributed by atoms with Crippen LogP contribution in [0.25, 0.3) is 0 Å². The van der Waals surface area contributed by atoms with Gasteiger partial charge >= 0.3 is 0 Å². The fourth-order valence-electron chi connectivity index (χ4n) is 1.51. The molecule has 1 rings (SSSR count). The summed E-state index contributed by atoms with van der Waals surface area (Å²) in [5.41, 5.74) is 0.0295. The van der Waals surface area contributed by atoms with Gasteiger partial charge in [0.25, 0.3) is 0 Å². The van der Waals surface area contributed by atoms with E-state index in [-0.39, 0.29) is 18.1 Å². The Labute approximate surface area is 85.0 Å². The Morgan fingerprint density at radius 2 is 2.14 bits per heavy atom. The number of carbonyl (C=O) groups excluding carboxylic acids is 1. The standard InChI is InChI=1S/C10H19NO3/c1-10(4-3-5-10)11-9(12)8-14-7-6-13-2/h3-8H2,1-2H3,(H,11,12). The van der Waals surface area contributed by atoms with Crippen molar-refractivity contribution in [3.8, 4) is 0 Å². The van der Waals surface area contributed by atoms with Gasteiger partial charge in [-0.1, -0.05) is 0 Å². The predicted molar refractivity (Wildman–Crippen MR) is 53.1 cm³/mol. The van der Waals surface area contributed by atoms with Crippen LogP contribution in [0.2, 0.25) is 0 Å². The summed E-state index contributed by atoms with van der Waals surface area (Å²) in [6.07, 6.45) is 3.37. The van der Waals surface area contributed by atoms with Gasteiger partial charge in [-0.3, -0.25) is 4.79 Å². The van der Waals surface area contributed by atoms with Crippen LogP contribution in [0.1, 0.15) is 26.2 Å². The molecule has 4 nitrogen and oxygen atoms in total. The van der Waals surface area contributed by atoms with Crippen LogP contribution in [0.3, 0.4) is 0 Å². The molecule has 0 unspecified atom stereocenters. The van der Waals surface area contributed by atoms with Crippen molar-refractivity contribution >= 4 is 5.91 Å². The Balaban J connectivity index is 2.04. The van der Waals surface area contributed by atoms with Crippen molar-refractivity contribution in [1.29, 1.82) is 0 Å². The molecular weight excluding hydrogens is 182 g/mol. The number of nitrogens with one attached hydrogen (secondary N) is 1. The summed E-state index contributed by atoms with van der Waals surface area (Å²) >= 11 is 0. The number of amides is 1. The molecule has 0 aromatic carbocycles.